The topological polar surface area (TPSA) is 164 Å². The Morgan fingerprint density at radius 1 is 1.25 bits per heavy atom. The van der Waals surface area contributed by atoms with Gasteiger partial charge in [0, 0.05) is 25.8 Å². The van der Waals surface area contributed by atoms with Crippen LogP contribution in [0.1, 0.15) is 24.2 Å². The first kappa shape index (κ1) is 26.8. The molecule has 12 nitrogen and oxygen atoms in total. The van der Waals surface area contributed by atoms with Gasteiger partial charge in [-0.3, -0.25) is 4.79 Å². The molecule has 2 aromatic heterocycles. The number of primary amides is 1. The van der Waals surface area contributed by atoms with Crippen molar-refractivity contribution in [2.45, 2.75) is 25.9 Å². The van der Waals surface area contributed by atoms with Gasteiger partial charge in [0.25, 0.3) is 5.91 Å². The molecule has 1 saturated heterocycles. The van der Waals surface area contributed by atoms with E-state index in [2.05, 4.69) is 25.9 Å². The first-order valence-corrected chi connectivity index (χ1v) is 11.3. The van der Waals surface area contributed by atoms with Gasteiger partial charge in [-0.1, -0.05) is 0 Å². The van der Waals surface area contributed by atoms with Gasteiger partial charge in [0.05, 0.1) is 49.4 Å². The molecule has 2 aromatic rings. The Balaban J connectivity index is 1.88. The van der Waals surface area contributed by atoms with Gasteiger partial charge in [-0.15, -0.1) is 0 Å². The van der Waals surface area contributed by atoms with E-state index in [1.807, 2.05) is 0 Å². The second kappa shape index (κ2) is 12.3. The summed E-state index contributed by atoms with van der Waals surface area (Å²) in [5.41, 5.74) is 5.29. The zero-order valence-electron chi connectivity index (χ0n) is 19.9. The van der Waals surface area contributed by atoms with Crippen LogP contribution in [0.5, 0.6) is 0 Å². The minimum Gasteiger partial charge on any atom is -0.465 e. The highest BCUT2D eigenvalue weighted by Gasteiger charge is 2.24. The van der Waals surface area contributed by atoms with Crippen molar-refractivity contribution in [2.24, 2.45) is 5.73 Å². The maximum Gasteiger partial charge on any atom is 0.404 e. The van der Waals surface area contributed by atoms with Crippen LogP contribution >= 0.6 is 0 Å². The van der Waals surface area contributed by atoms with E-state index < -0.39 is 35.7 Å². The first-order chi connectivity index (χ1) is 17.2. The number of hydrogen-bond donors (Lipinski definition) is 5. The zero-order valence-corrected chi connectivity index (χ0v) is 19.9. The van der Waals surface area contributed by atoms with Crippen LogP contribution in [0.25, 0.3) is 0 Å². The number of carbonyl (C=O) groups is 2. The largest absolute Gasteiger partial charge is 0.465 e. The van der Waals surface area contributed by atoms with E-state index in [1.54, 1.807) is 18.7 Å². The number of amides is 2. The van der Waals surface area contributed by atoms with Crippen LogP contribution in [0.3, 0.4) is 0 Å². The van der Waals surface area contributed by atoms with Crippen molar-refractivity contribution in [1.82, 2.24) is 15.3 Å². The Kier molecular flexibility index (Phi) is 9.13. The fraction of sp³-hybridized carbons (Fsp3) is 0.455. The molecule has 36 heavy (non-hydrogen) atoms. The molecular weight excluding hydrogens is 480 g/mol. The molecule has 2 amide bonds. The molecule has 0 unspecified atom stereocenters. The molecular formula is C22H29F2N7O5. The van der Waals surface area contributed by atoms with Crippen LogP contribution in [-0.2, 0) is 9.47 Å². The predicted molar refractivity (Wildman–Crippen MR) is 128 cm³/mol. The number of aromatic nitrogens is 2. The predicted octanol–water partition coefficient (Wildman–Crippen LogP) is 1.91. The van der Waals surface area contributed by atoms with Gasteiger partial charge in [0.15, 0.2) is 23.3 Å². The number of hydrogen-bond acceptors (Lipinski definition) is 9. The number of carbonyl (C=O) groups excluding carboxylic acids is 1. The van der Waals surface area contributed by atoms with Crippen LogP contribution in [-0.4, -0.2) is 78.7 Å². The summed E-state index contributed by atoms with van der Waals surface area (Å²) in [6.45, 7) is 5.63. The molecule has 2 atom stereocenters. The van der Waals surface area contributed by atoms with Gasteiger partial charge in [0.1, 0.15) is 5.82 Å². The number of pyridine rings is 2. The van der Waals surface area contributed by atoms with Crippen molar-refractivity contribution in [3.63, 3.8) is 0 Å². The first-order valence-electron chi connectivity index (χ1n) is 11.3. The summed E-state index contributed by atoms with van der Waals surface area (Å²) in [5, 5.41) is 16.9. The number of rotatable bonds is 11. The Labute approximate surface area is 206 Å². The van der Waals surface area contributed by atoms with Crippen LogP contribution in [0.15, 0.2) is 18.3 Å². The van der Waals surface area contributed by atoms with E-state index in [-0.39, 0.29) is 35.3 Å². The molecule has 196 valence electrons. The van der Waals surface area contributed by atoms with Gasteiger partial charge in [-0.2, -0.15) is 0 Å². The summed E-state index contributed by atoms with van der Waals surface area (Å²) in [6.07, 6.45) is 0.0915. The van der Waals surface area contributed by atoms with Crippen molar-refractivity contribution >= 4 is 35.1 Å². The lowest BCUT2D eigenvalue weighted by Crippen LogP contribution is -2.47. The van der Waals surface area contributed by atoms with E-state index >= 15 is 0 Å². The van der Waals surface area contributed by atoms with E-state index in [4.69, 9.17) is 20.3 Å². The normalized spacial score (nSPS) is 15.2. The molecule has 3 rings (SSSR count). The van der Waals surface area contributed by atoms with Crippen LogP contribution in [0.4, 0.5) is 36.7 Å². The summed E-state index contributed by atoms with van der Waals surface area (Å²) >= 11 is 0. The Hall–Kier alpha value is -3.78. The highest BCUT2D eigenvalue weighted by Crippen LogP contribution is 2.27. The zero-order chi connectivity index (χ0) is 26.2. The number of nitrogens with two attached hydrogens (primary N) is 1. The highest BCUT2D eigenvalue weighted by molar-refractivity contribution is 5.98. The van der Waals surface area contributed by atoms with E-state index in [1.165, 1.54) is 12.3 Å². The molecule has 1 aliphatic heterocycles. The number of nitrogens with zero attached hydrogens (tertiary/aromatic N) is 3. The molecule has 0 aromatic carbocycles. The molecule has 6 N–H and O–H groups in total. The van der Waals surface area contributed by atoms with Gasteiger partial charge in [-0.25, -0.2) is 23.5 Å². The molecule has 0 radical (unpaired) electrons. The fourth-order valence-corrected chi connectivity index (χ4v) is 3.54. The number of halogens is 2. The average Bonchev–Trinajstić information content (AvgIpc) is 2.83. The molecule has 14 heteroatoms. The minimum absolute atomic E-state index is 0.0392. The van der Waals surface area contributed by atoms with Crippen molar-refractivity contribution in [3.05, 3.63) is 35.5 Å². The number of morpholine rings is 1. The van der Waals surface area contributed by atoms with Crippen molar-refractivity contribution in [3.8, 4) is 0 Å². The maximum absolute atomic E-state index is 14.8. The monoisotopic (exact) mass is 509 g/mol. The lowest BCUT2D eigenvalue weighted by molar-refractivity contribution is 0.1000. The van der Waals surface area contributed by atoms with Gasteiger partial charge >= 0.3 is 6.09 Å². The third kappa shape index (κ3) is 6.88. The summed E-state index contributed by atoms with van der Waals surface area (Å²) in [5.74, 6) is -2.73. The molecule has 0 saturated carbocycles. The molecule has 0 bridgehead atoms. The highest BCUT2D eigenvalue weighted by atomic mass is 19.1. The van der Waals surface area contributed by atoms with Crippen molar-refractivity contribution in [2.75, 3.05) is 55.1 Å². The van der Waals surface area contributed by atoms with Gasteiger partial charge in [-0.05, 0) is 19.9 Å². The fourth-order valence-electron chi connectivity index (χ4n) is 3.54. The molecule has 3 heterocycles. The van der Waals surface area contributed by atoms with E-state index in [9.17, 15) is 18.4 Å². The smallest absolute Gasteiger partial charge is 0.404 e. The lowest BCUT2D eigenvalue weighted by Gasteiger charge is -2.28. The summed E-state index contributed by atoms with van der Waals surface area (Å²) in [6, 6.07) is 0.673. The van der Waals surface area contributed by atoms with Crippen molar-refractivity contribution in [1.29, 1.82) is 0 Å². The molecule has 0 aliphatic carbocycles. The average molecular weight is 510 g/mol. The number of ether oxygens (including phenoxy) is 2. The van der Waals surface area contributed by atoms with E-state index in [0.29, 0.717) is 32.9 Å². The molecule has 1 fully saturated rings. The quantitative estimate of drug-likeness (QED) is 0.302. The third-order valence-electron chi connectivity index (χ3n) is 5.41. The Morgan fingerprint density at radius 3 is 2.58 bits per heavy atom. The van der Waals surface area contributed by atoms with Crippen LogP contribution < -0.4 is 26.6 Å². The number of nitrogens with one attached hydrogen (secondary N) is 3. The Morgan fingerprint density at radius 2 is 1.97 bits per heavy atom. The van der Waals surface area contributed by atoms with E-state index in [0.717, 1.165) is 6.07 Å². The summed E-state index contributed by atoms with van der Waals surface area (Å²) < 4.78 is 40.3. The van der Waals surface area contributed by atoms with Crippen molar-refractivity contribution < 1.29 is 33.0 Å². The second-order valence-electron chi connectivity index (χ2n) is 7.98. The second-order valence-corrected chi connectivity index (χ2v) is 7.98. The van der Waals surface area contributed by atoms with Gasteiger partial charge in [0.2, 0.25) is 0 Å². The molecule has 0 spiro atoms. The lowest BCUT2D eigenvalue weighted by atomic mass is 10.1. The van der Waals surface area contributed by atoms with Crippen LogP contribution in [0.2, 0.25) is 0 Å². The summed E-state index contributed by atoms with van der Waals surface area (Å²) in [4.78, 5) is 33.1. The maximum atomic E-state index is 14.8. The van der Waals surface area contributed by atoms with Gasteiger partial charge < -0.3 is 41.2 Å². The third-order valence-corrected chi connectivity index (χ3v) is 5.41. The SMILES string of the molecule is CCOC[C@@H](Nc1nc(Nc2cnc(N3CCOCC3)c(F)c2)c(C(N)=O)cc1F)[C@H](C)NC(=O)O. The minimum atomic E-state index is -1.26. The molecule has 1 aliphatic rings. The number of anilines is 4. The number of carboxylic acid groups (broad SMARTS) is 1. The summed E-state index contributed by atoms with van der Waals surface area (Å²) in [7, 11) is 0. The van der Waals surface area contributed by atoms with Crippen LogP contribution in [0, 0.1) is 11.6 Å². The standard InChI is InChI=1S/C22H29F2N7O5/c1-3-35-11-17(12(2)27-22(33)34)29-20-15(23)9-14(18(25)32)19(30-20)28-13-8-16(24)21(26-10-13)31-4-6-36-7-5-31/h8-10,12,17,27H,3-7,11H2,1-2H3,(H2,25,32)(H,33,34)(H2,28,29,30)/t12-,17+/m0/s1. The Bertz CT molecular complexity index is 1080.